The van der Waals surface area contributed by atoms with Crippen LogP contribution in [0.2, 0.25) is 5.02 Å². The minimum absolute atomic E-state index is 0.00976. The maximum atomic E-state index is 13.1. The molecule has 32 heavy (non-hydrogen) atoms. The lowest BCUT2D eigenvalue weighted by Gasteiger charge is -2.15. The lowest BCUT2D eigenvalue weighted by atomic mass is 9.91. The van der Waals surface area contributed by atoms with Crippen LogP contribution in [0.15, 0.2) is 59.2 Å². The normalized spacial score (nSPS) is 16.2. The zero-order chi connectivity index (χ0) is 23.3. The zero-order valence-corrected chi connectivity index (χ0v) is 18.5. The number of hydrazone groups is 1. The predicted octanol–water partition coefficient (Wildman–Crippen LogP) is 4.80. The van der Waals surface area contributed by atoms with Crippen LogP contribution in [0.4, 0.5) is 5.69 Å². The van der Waals surface area contributed by atoms with Gasteiger partial charge in [-0.1, -0.05) is 37.1 Å². The number of methoxy groups -OCH3 is 1. The van der Waals surface area contributed by atoms with Gasteiger partial charge >= 0.3 is 11.9 Å². The van der Waals surface area contributed by atoms with Crippen molar-refractivity contribution in [3.8, 4) is 0 Å². The van der Waals surface area contributed by atoms with Crippen LogP contribution in [0.25, 0.3) is 6.08 Å². The van der Waals surface area contributed by atoms with Gasteiger partial charge in [-0.05, 0) is 60.9 Å². The number of aliphatic carboxylic acids is 1. The standard InChI is InChI=1S/C24H23ClN2O5/c1-3-4-21-20(22(28)27(26-21)19-11-9-18(25)10-12-19)14-17(23(29)30)13-15-5-7-16(8-6-15)24(31)32-2/h5-13,20H,3-4,14H2,1-2H3,(H,29,30)/b17-13-. The first-order valence-electron chi connectivity index (χ1n) is 10.1. The van der Waals surface area contributed by atoms with Crippen LogP contribution in [0.5, 0.6) is 0 Å². The van der Waals surface area contributed by atoms with Crippen molar-refractivity contribution in [2.45, 2.75) is 26.2 Å². The molecule has 3 rings (SSSR count). The summed E-state index contributed by atoms with van der Waals surface area (Å²) in [5.74, 6) is -2.53. The summed E-state index contributed by atoms with van der Waals surface area (Å²) in [5, 5.41) is 16.1. The molecule has 0 fully saturated rings. The highest BCUT2D eigenvalue weighted by atomic mass is 35.5. The third-order valence-corrected chi connectivity index (χ3v) is 5.34. The zero-order valence-electron chi connectivity index (χ0n) is 17.7. The molecule has 166 valence electrons. The van der Waals surface area contributed by atoms with E-state index in [-0.39, 0.29) is 17.9 Å². The average Bonchev–Trinajstić information content (AvgIpc) is 3.09. The Balaban J connectivity index is 1.87. The highest BCUT2D eigenvalue weighted by Crippen LogP contribution is 2.30. The summed E-state index contributed by atoms with van der Waals surface area (Å²) in [7, 11) is 1.29. The van der Waals surface area contributed by atoms with E-state index in [0.717, 1.165) is 6.42 Å². The van der Waals surface area contributed by atoms with Crippen molar-refractivity contribution in [1.82, 2.24) is 0 Å². The average molecular weight is 455 g/mol. The van der Waals surface area contributed by atoms with Crippen LogP contribution in [0, 0.1) is 5.92 Å². The van der Waals surface area contributed by atoms with Crippen LogP contribution >= 0.6 is 11.6 Å². The summed E-state index contributed by atoms with van der Waals surface area (Å²) in [4.78, 5) is 36.7. The first-order chi connectivity index (χ1) is 15.3. The number of carbonyl (C=O) groups excluding carboxylic acids is 2. The van der Waals surface area contributed by atoms with Crippen LogP contribution in [-0.2, 0) is 14.3 Å². The van der Waals surface area contributed by atoms with Gasteiger partial charge in [-0.15, -0.1) is 0 Å². The summed E-state index contributed by atoms with van der Waals surface area (Å²) in [6.45, 7) is 1.98. The summed E-state index contributed by atoms with van der Waals surface area (Å²) in [5.41, 5.74) is 2.28. The molecule has 0 saturated carbocycles. The van der Waals surface area contributed by atoms with Gasteiger partial charge in [0.1, 0.15) is 0 Å². The fourth-order valence-electron chi connectivity index (χ4n) is 3.45. The molecular weight excluding hydrogens is 432 g/mol. The highest BCUT2D eigenvalue weighted by Gasteiger charge is 2.37. The van der Waals surface area contributed by atoms with E-state index in [1.807, 2.05) is 6.92 Å². The molecule has 1 heterocycles. The number of carboxylic acid groups (broad SMARTS) is 1. The number of hydrogen-bond donors (Lipinski definition) is 1. The number of halogens is 1. The third-order valence-electron chi connectivity index (χ3n) is 5.09. The van der Waals surface area contributed by atoms with Gasteiger partial charge in [-0.2, -0.15) is 5.10 Å². The molecule has 2 aromatic rings. The molecule has 1 unspecified atom stereocenters. The van der Waals surface area contributed by atoms with Gasteiger partial charge in [0.15, 0.2) is 0 Å². The Kier molecular flexibility index (Phi) is 7.43. The number of esters is 1. The molecule has 1 N–H and O–H groups in total. The van der Waals surface area contributed by atoms with Gasteiger partial charge < -0.3 is 9.84 Å². The van der Waals surface area contributed by atoms with E-state index < -0.39 is 17.9 Å². The molecule has 8 heteroatoms. The maximum Gasteiger partial charge on any atom is 0.337 e. The van der Waals surface area contributed by atoms with E-state index in [2.05, 4.69) is 9.84 Å². The molecule has 0 radical (unpaired) electrons. The molecule has 0 aliphatic carbocycles. The van der Waals surface area contributed by atoms with E-state index in [1.54, 1.807) is 48.5 Å². The third kappa shape index (κ3) is 5.23. The molecule has 7 nitrogen and oxygen atoms in total. The Morgan fingerprint density at radius 1 is 1.16 bits per heavy atom. The van der Waals surface area contributed by atoms with Crippen molar-refractivity contribution in [3.63, 3.8) is 0 Å². The van der Waals surface area contributed by atoms with E-state index >= 15 is 0 Å². The topological polar surface area (TPSA) is 96.3 Å². The van der Waals surface area contributed by atoms with Crippen LogP contribution in [0.1, 0.15) is 42.1 Å². The fraction of sp³-hybridized carbons (Fsp3) is 0.250. The molecule has 1 amide bonds. The Bertz CT molecular complexity index is 1070. The van der Waals surface area contributed by atoms with Gasteiger partial charge in [0.2, 0.25) is 0 Å². The molecule has 0 saturated heterocycles. The van der Waals surface area contributed by atoms with Crippen LogP contribution in [0.3, 0.4) is 0 Å². The van der Waals surface area contributed by atoms with Crippen molar-refractivity contribution in [1.29, 1.82) is 0 Å². The first kappa shape index (κ1) is 23.2. The van der Waals surface area contributed by atoms with E-state index in [1.165, 1.54) is 18.2 Å². The van der Waals surface area contributed by atoms with Crippen molar-refractivity contribution in [2.24, 2.45) is 11.0 Å². The minimum atomic E-state index is -1.12. The van der Waals surface area contributed by atoms with Gasteiger partial charge in [0, 0.05) is 10.6 Å². The Morgan fingerprint density at radius 3 is 2.38 bits per heavy atom. The molecule has 1 aliphatic rings. The number of carboxylic acids is 1. The molecule has 1 atom stereocenters. The van der Waals surface area contributed by atoms with Gasteiger partial charge in [-0.3, -0.25) is 4.79 Å². The number of nitrogens with zero attached hydrogens (tertiary/aromatic N) is 2. The lowest BCUT2D eigenvalue weighted by Crippen LogP contribution is -2.28. The number of rotatable bonds is 8. The fourth-order valence-corrected chi connectivity index (χ4v) is 3.58. The summed E-state index contributed by atoms with van der Waals surface area (Å²) in [6, 6.07) is 13.1. The SMILES string of the molecule is CCCC1=NN(c2ccc(Cl)cc2)C(=O)C1C/C(=C/c1ccc(C(=O)OC)cc1)C(=O)O. The predicted molar refractivity (Wildman–Crippen MR) is 123 cm³/mol. The number of ether oxygens (including phenoxy) is 1. The monoisotopic (exact) mass is 454 g/mol. The number of carbonyl (C=O) groups is 3. The first-order valence-corrected chi connectivity index (χ1v) is 10.5. The largest absolute Gasteiger partial charge is 0.478 e. The molecule has 0 spiro atoms. The van der Waals surface area contributed by atoms with Crippen LogP contribution < -0.4 is 5.01 Å². The number of amides is 1. The van der Waals surface area contributed by atoms with E-state index in [4.69, 9.17) is 11.6 Å². The van der Waals surface area contributed by atoms with E-state index in [0.29, 0.717) is 34.0 Å². The number of hydrogen-bond acceptors (Lipinski definition) is 5. The Hall–Kier alpha value is -3.45. The second-order valence-electron chi connectivity index (χ2n) is 7.31. The molecule has 2 aromatic carbocycles. The van der Waals surface area contributed by atoms with Crippen molar-refractivity contribution >= 4 is 46.9 Å². The van der Waals surface area contributed by atoms with Crippen molar-refractivity contribution in [2.75, 3.05) is 12.1 Å². The Labute approximate surface area is 190 Å². The summed E-state index contributed by atoms with van der Waals surface area (Å²) >= 11 is 5.94. The second-order valence-corrected chi connectivity index (χ2v) is 7.75. The molecule has 0 aromatic heterocycles. The quantitative estimate of drug-likeness (QED) is 0.456. The van der Waals surface area contributed by atoms with Crippen molar-refractivity contribution in [3.05, 3.63) is 70.3 Å². The molecular formula is C24H23ClN2O5. The lowest BCUT2D eigenvalue weighted by molar-refractivity contribution is -0.132. The highest BCUT2D eigenvalue weighted by molar-refractivity contribution is 6.30. The number of anilines is 1. The van der Waals surface area contributed by atoms with Crippen LogP contribution in [-0.4, -0.2) is 35.8 Å². The maximum absolute atomic E-state index is 13.1. The van der Waals surface area contributed by atoms with Crippen molar-refractivity contribution < 1.29 is 24.2 Å². The van der Waals surface area contributed by atoms with E-state index in [9.17, 15) is 19.5 Å². The smallest absolute Gasteiger partial charge is 0.337 e. The summed E-state index contributed by atoms with van der Waals surface area (Å²) in [6.07, 6.45) is 2.88. The molecule has 1 aliphatic heterocycles. The van der Waals surface area contributed by atoms with Gasteiger partial charge in [-0.25, -0.2) is 14.6 Å². The molecule has 0 bridgehead atoms. The second kappa shape index (κ2) is 10.2. The van der Waals surface area contributed by atoms with Gasteiger partial charge in [0.05, 0.1) is 30.0 Å². The van der Waals surface area contributed by atoms with Gasteiger partial charge in [0.25, 0.3) is 5.91 Å². The number of benzene rings is 2. The summed E-state index contributed by atoms with van der Waals surface area (Å²) < 4.78 is 4.67. The Morgan fingerprint density at radius 2 is 1.81 bits per heavy atom. The minimum Gasteiger partial charge on any atom is -0.478 e.